The van der Waals surface area contributed by atoms with Gasteiger partial charge in [-0.2, -0.15) is 0 Å². The molecule has 2 aromatic carbocycles. The van der Waals surface area contributed by atoms with Gasteiger partial charge >= 0.3 is 0 Å². The van der Waals surface area contributed by atoms with Crippen molar-refractivity contribution in [1.29, 1.82) is 0 Å². The van der Waals surface area contributed by atoms with Crippen molar-refractivity contribution in [3.63, 3.8) is 0 Å². The maximum Gasteiger partial charge on any atom is 0.255 e. The second-order valence-electron chi connectivity index (χ2n) is 6.06. The molecule has 2 N–H and O–H groups in total. The van der Waals surface area contributed by atoms with Gasteiger partial charge in [-0.05, 0) is 37.1 Å². The number of benzene rings is 2. The van der Waals surface area contributed by atoms with Crippen LogP contribution in [0.4, 0.5) is 5.69 Å². The number of aryl methyl sites for hydroxylation is 2. The number of halogens is 1. The maximum absolute atomic E-state index is 12.5. The molecule has 0 unspecified atom stereocenters. The van der Waals surface area contributed by atoms with E-state index in [2.05, 4.69) is 15.6 Å². The van der Waals surface area contributed by atoms with Gasteiger partial charge in [-0.25, -0.2) is 4.98 Å². The smallest absolute Gasteiger partial charge is 0.255 e. The van der Waals surface area contributed by atoms with E-state index in [0.29, 0.717) is 10.7 Å². The molecule has 0 radical (unpaired) electrons. The number of para-hydroxylation sites is 1. The maximum atomic E-state index is 12.5. The number of hydrogen-bond donors (Lipinski definition) is 2. The van der Waals surface area contributed by atoms with Crippen molar-refractivity contribution in [3.8, 4) is 0 Å². The summed E-state index contributed by atoms with van der Waals surface area (Å²) >= 11 is 6.41. The van der Waals surface area contributed by atoms with Gasteiger partial charge in [0, 0.05) is 16.6 Å². The lowest BCUT2D eigenvalue weighted by atomic mass is 10.0. The van der Waals surface area contributed by atoms with E-state index in [-0.39, 0.29) is 5.91 Å². The van der Waals surface area contributed by atoms with E-state index in [1.54, 1.807) is 0 Å². The molecule has 2 heterocycles. The van der Waals surface area contributed by atoms with Gasteiger partial charge in [0.25, 0.3) is 5.91 Å². The van der Waals surface area contributed by atoms with Gasteiger partial charge < -0.3 is 10.6 Å². The molecule has 1 aliphatic heterocycles. The molecular weight excluding hydrogens is 322 g/mol. The normalized spacial score (nSPS) is 16.5. The highest BCUT2D eigenvalue weighted by Crippen LogP contribution is 2.32. The number of pyridine rings is 1. The Labute approximate surface area is 144 Å². The molecule has 120 valence electrons. The minimum absolute atomic E-state index is 0.104. The number of anilines is 1. The van der Waals surface area contributed by atoms with E-state index in [1.165, 1.54) is 0 Å². The van der Waals surface area contributed by atoms with E-state index in [1.807, 2.05) is 56.3 Å². The van der Waals surface area contributed by atoms with Crippen molar-refractivity contribution in [2.45, 2.75) is 20.0 Å². The van der Waals surface area contributed by atoms with Crippen LogP contribution in [-0.4, -0.2) is 10.9 Å². The number of aromatic nitrogens is 1. The van der Waals surface area contributed by atoms with Gasteiger partial charge in [0.05, 0.1) is 11.1 Å². The Morgan fingerprint density at radius 1 is 1.04 bits per heavy atom. The van der Waals surface area contributed by atoms with Crippen LogP contribution in [0, 0.1) is 13.8 Å². The topological polar surface area (TPSA) is 54.0 Å². The van der Waals surface area contributed by atoms with E-state index in [9.17, 15) is 4.79 Å². The molecule has 0 saturated heterocycles. The third kappa shape index (κ3) is 2.31. The van der Waals surface area contributed by atoms with Gasteiger partial charge in [0.2, 0.25) is 0 Å². The van der Waals surface area contributed by atoms with Crippen LogP contribution in [0.1, 0.15) is 33.2 Å². The van der Waals surface area contributed by atoms with Crippen molar-refractivity contribution in [3.05, 3.63) is 69.9 Å². The summed E-state index contributed by atoms with van der Waals surface area (Å²) in [7, 11) is 0. The highest BCUT2D eigenvalue weighted by atomic mass is 35.5. The van der Waals surface area contributed by atoms with Crippen molar-refractivity contribution in [1.82, 2.24) is 10.3 Å². The van der Waals surface area contributed by atoms with Crippen LogP contribution in [0.2, 0.25) is 5.15 Å². The van der Waals surface area contributed by atoms with Crippen LogP contribution in [-0.2, 0) is 0 Å². The summed E-state index contributed by atoms with van der Waals surface area (Å²) in [6.45, 7) is 3.93. The van der Waals surface area contributed by atoms with Crippen LogP contribution < -0.4 is 10.6 Å². The average Bonchev–Trinajstić information content (AvgIpc) is 2.55. The Morgan fingerprint density at radius 3 is 2.62 bits per heavy atom. The lowest BCUT2D eigenvalue weighted by Gasteiger charge is -2.29. The summed E-state index contributed by atoms with van der Waals surface area (Å²) in [5.41, 5.74) is 5.13. The fraction of sp³-hybridized carbons (Fsp3) is 0.158. The van der Waals surface area contributed by atoms with Gasteiger partial charge in [0.1, 0.15) is 11.3 Å². The number of fused-ring (bicyclic) bond motifs is 2. The number of nitrogens with one attached hydrogen (secondary N) is 2. The van der Waals surface area contributed by atoms with Gasteiger partial charge in [-0.1, -0.05) is 41.9 Å². The van der Waals surface area contributed by atoms with Crippen LogP contribution in [0.5, 0.6) is 0 Å². The van der Waals surface area contributed by atoms with Crippen LogP contribution in [0.3, 0.4) is 0 Å². The van der Waals surface area contributed by atoms with Gasteiger partial charge in [0.15, 0.2) is 0 Å². The minimum atomic E-state index is -0.406. The summed E-state index contributed by atoms with van der Waals surface area (Å²) < 4.78 is 0. The molecule has 1 amide bonds. The first kappa shape index (κ1) is 15.0. The second-order valence-corrected chi connectivity index (χ2v) is 6.42. The molecule has 0 fully saturated rings. The molecule has 4 rings (SSSR count). The number of carbonyl (C=O) groups is 1. The molecule has 0 aliphatic carbocycles. The molecule has 0 saturated carbocycles. The molecule has 24 heavy (non-hydrogen) atoms. The average molecular weight is 338 g/mol. The predicted molar refractivity (Wildman–Crippen MR) is 96.5 cm³/mol. The van der Waals surface area contributed by atoms with Crippen LogP contribution in [0.25, 0.3) is 10.9 Å². The van der Waals surface area contributed by atoms with Crippen molar-refractivity contribution in [2.24, 2.45) is 0 Å². The minimum Gasteiger partial charge on any atom is -0.361 e. The third-order valence-corrected chi connectivity index (χ3v) is 4.72. The highest BCUT2D eigenvalue weighted by molar-refractivity contribution is 6.30. The second kappa shape index (κ2) is 5.49. The SMILES string of the molecule is Cc1cccc2c1C(=O)N[C@H](c1cc3cccc(C)c3nc1Cl)N2. The highest BCUT2D eigenvalue weighted by Gasteiger charge is 2.27. The quantitative estimate of drug-likeness (QED) is 0.649. The Morgan fingerprint density at radius 2 is 1.79 bits per heavy atom. The van der Waals surface area contributed by atoms with Crippen molar-refractivity contribution >= 4 is 34.1 Å². The Bertz CT molecular complexity index is 984. The number of hydrogen-bond acceptors (Lipinski definition) is 3. The summed E-state index contributed by atoms with van der Waals surface area (Å²) in [5.74, 6) is -0.104. The van der Waals surface area contributed by atoms with Gasteiger partial charge in [-0.3, -0.25) is 4.79 Å². The summed E-state index contributed by atoms with van der Waals surface area (Å²) in [6.07, 6.45) is -0.406. The molecule has 0 bridgehead atoms. The Balaban J connectivity index is 1.81. The Hall–Kier alpha value is -2.59. The van der Waals surface area contributed by atoms with Crippen molar-refractivity contribution < 1.29 is 4.79 Å². The van der Waals surface area contributed by atoms with Crippen LogP contribution in [0.15, 0.2) is 42.5 Å². The zero-order valence-corrected chi connectivity index (χ0v) is 14.1. The largest absolute Gasteiger partial charge is 0.361 e. The van der Waals surface area contributed by atoms with E-state index >= 15 is 0 Å². The van der Waals surface area contributed by atoms with Crippen molar-refractivity contribution in [2.75, 3.05) is 5.32 Å². The molecule has 1 aromatic heterocycles. The molecule has 0 spiro atoms. The van der Waals surface area contributed by atoms with Crippen LogP contribution >= 0.6 is 11.6 Å². The fourth-order valence-corrected chi connectivity index (χ4v) is 3.43. The fourth-order valence-electron chi connectivity index (χ4n) is 3.18. The summed E-state index contributed by atoms with van der Waals surface area (Å²) in [5, 5.41) is 7.72. The first-order valence-corrected chi connectivity index (χ1v) is 8.15. The molecule has 3 aromatic rings. The molecule has 1 atom stereocenters. The molecule has 5 heteroatoms. The third-order valence-electron chi connectivity index (χ3n) is 4.41. The molecular formula is C19H16ClN3O. The zero-order chi connectivity index (χ0) is 16.8. The van der Waals surface area contributed by atoms with E-state index in [0.717, 1.165) is 33.3 Å². The predicted octanol–water partition coefficient (Wildman–Crippen LogP) is 4.36. The van der Waals surface area contributed by atoms with E-state index < -0.39 is 6.17 Å². The Kier molecular flexibility index (Phi) is 3.43. The standard InChI is InChI=1S/C19H16ClN3O/c1-10-5-4-8-14-15(10)19(24)23-18(21-14)13-9-12-7-3-6-11(2)16(12)22-17(13)20/h3-9,18,21H,1-2H3,(H,23,24)/t18-/m1/s1. The monoisotopic (exact) mass is 337 g/mol. The van der Waals surface area contributed by atoms with Gasteiger partial charge in [-0.15, -0.1) is 0 Å². The zero-order valence-electron chi connectivity index (χ0n) is 13.4. The lowest BCUT2D eigenvalue weighted by molar-refractivity contribution is 0.0935. The number of amides is 1. The van der Waals surface area contributed by atoms with E-state index in [4.69, 9.17) is 11.6 Å². The molecule has 4 nitrogen and oxygen atoms in total. The summed E-state index contributed by atoms with van der Waals surface area (Å²) in [4.78, 5) is 17.0. The first-order valence-electron chi connectivity index (χ1n) is 7.77. The summed E-state index contributed by atoms with van der Waals surface area (Å²) in [6, 6.07) is 13.7. The first-order chi connectivity index (χ1) is 11.5. The number of nitrogens with zero attached hydrogens (tertiary/aromatic N) is 1. The lowest BCUT2D eigenvalue weighted by Crippen LogP contribution is -2.39. The number of carbonyl (C=O) groups excluding carboxylic acids is 1. The number of rotatable bonds is 1. The molecule has 1 aliphatic rings.